The van der Waals surface area contributed by atoms with Crippen molar-refractivity contribution in [2.75, 3.05) is 18.2 Å². The van der Waals surface area contributed by atoms with E-state index in [1.807, 2.05) is 6.92 Å². The predicted molar refractivity (Wildman–Crippen MR) is 113 cm³/mol. The van der Waals surface area contributed by atoms with Crippen LogP contribution in [0.15, 0.2) is 53.4 Å². The number of ketones is 2. The Morgan fingerprint density at radius 3 is 2.12 bits per heavy atom. The second-order valence-electron chi connectivity index (χ2n) is 7.05. The van der Waals surface area contributed by atoms with Gasteiger partial charge in [0.15, 0.2) is 11.6 Å². The molecule has 0 unspecified atom stereocenters. The van der Waals surface area contributed by atoms with Crippen LogP contribution in [0.3, 0.4) is 0 Å². The molecule has 0 saturated carbocycles. The molecule has 0 atom stereocenters. The molecule has 0 fully saturated rings. The van der Waals surface area contributed by atoms with E-state index < -0.39 is 32.3 Å². The van der Waals surface area contributed by atoms with Crippen molar-refractivity contribution < 1.29 is 56.9 Å². The Hall–Kier alpha value is -2.69. The van der Waals surface area contributed by atoms with Gasteiger partial charge in [-0.2, -0.15) is 0 Å². The number of nitrogens with one attached hydrogen (secondary N) is 1. The van der Waals surface area contributed by atoms with Gasteiger partial charge in [-0.05, 0) is 24.6 Å². The monoisotopic (exact) mass is 460 g/mol. The first kappa shape index (κ1) is 24.0. The van der Waals surface area contributed by atoms with Gasteiger partial charge in [-0.1, -0.05) is 30.3 Å². The van der Waals surface area contributed by atoms with Gasteiger partial charge in [0.2, 0.25) is 0 Å². The molecule has 0 spiro atoms. The standard InChI is InChI=1S/C22H18N2O6S.Na/c1-11-7-8-12(9-16(11)30-2)24-15-10-17(31(27,28)29)20(23)19-18(15)21(25)13-5-3-4-6-14(13)22(19)26;/h3-10,24H,23H2,1-2H3,(H,27,28,29);/q;+1/p-1. The van der Waals surface area contributed by atoms with Gasteiger partial charge in [0.25, 0.3) is 0 Å². The molecule has 0 aliphatic heterocycles. The molecule has 8 nitrogen and oxygen atoms in total. The van der Waals surface area contributed by atoms with Crippen molar-refractivity contribution in [1.29, 1.82) is 0 Å². The second kappa shape index (κ2) is 8.68. The van der Waals surface area contributed by atoms with Crippen LogP contribution >= 0.6 is 0 Å². The number of fused-ring (bicyclic) bond motifs is 2. The molecular weight excluding hydrogens is 443 g/mol. The Morgan fingerprint density at radius 1 is 0.969 bits per heavy atom. The molecule has 3 N–H and O–H groups in total. The van der Waals surface area contributed by atoms with Crippen LogP contribution < -0.4 is 45.3 Å². The number of carbonyl (C=O) groups excluding carboxylic acids is 2. The first-order valence-electron chi connectivity index (χ1n) is 9.16. The number of benzene rings is 3. The van der Waals surface area contributed by atoms with E-state index in [0.717, 1.165) is 11.6 Å². The van der Waals surface area contributed by atoms with E-state index in [0.29, 0.717) is 11.4 Å². The fourth-order valence-corrected chi connectivity index (χ4v) is 4.29. The smallest absolute Gasteiger partial charge is 0.744 e. The van der Waals surface area contributed by atoms with Gasteiger partial charge in [0.1, 0.15) is 15.9 Å². The largest absolute Gasteiger partial charge is 1.00 e. The number of methoxy groups -OCH3 is 1. The SMILES string of the molecule is COc1cc(Nc2cc(S(=O)(=O)[O-])c(N)c3c2C(=O)c2ccccc2C3=O)ccc1C.[Na+]. The number of ether oxygens (including phenoxy) is 1. The molecule has 0 radical (unpaired) electrons. The van der Waals surface area contributed by atoms with Crippen molar-refractivity contribution in [3.05, 3.63) is 76.3 Å². The van der Waals surface area contributed by atoms with Crippen LogP contribution in [0.2, 0.25) is 0 Å². The number of nitrogen functional groups attached to an aromatic ring is 1. The number of rotatable bonds is 4. The Morgan fingerprint density at radius 2 is 1.56 bits per heavy atom. The van der Waals surface area contributed by atoms with E-state index in [2.05, 4.69) is 5.32 Å². The third-order valence-corrected chi connectivity index (χ3v) is 6.03. The molecule has 0 heterocycles. The topological polar surface area (TPSA) is 139 Å². The Balaban J connectivity index is 0.00000289. The van der Waals surface area contributed by atoms with E-state index >= 15 is 0 Å². The summed E-state index contributed by atoms with van der Waals surface area (Å²) < 4.78 is 40.8. The Bertz CT molecular complexity index is 1390. The Labute approximate surface area is 206 Å². The Kier molecular flexibility index (Phi) is 6.50. The normalized spacial score (nSPS) is 12.5. The molecule has 1 aliphatic rings. The second-order valence-corrected chi connectivity index (χ2v) is 8.40. The summed E-state index contributed by atoms with van der Waals surface area (Å²) in [6.45, 7) is 1.84. The van der Waals surface area contributed by atoms with Gasteiger partial charge in [-0.3, -0.25) is 9.59 Å². The first-order chi connectivity index (χ1) is 14.6. The molecule has 0 aromatic heterocycles. The van der Waals surface area contributed by atoms with Crippen molar-refractivity contribution in [2.24, 2.45) is 0 Å². The quantitative estimate of drug-likeness (QED) is 0.247. The molecule has 0 bridgehead atoms. The molecular formula is C22H17N2NaO6S. The summed E-state index contributed by atoms with van der Waals surface area (Å²) in [4.78, 5) is 25.6. The van der Waals surface area contributed by atoms with Crippen LogP contribution in [0, 0.1) is 6.92 Å². The zero-order chi connectivity index (χ0) is 22.5. The van der Waals surface area contributed by atoms with E-state index in [1.54, 1.807) is 30.3 Å². The van der Waals surface area contributed by atoms with Crippen molar-refractivity contribution in [3.63, 3.8) is 0 Å². The van der Waals surface area contributed by atoms with E-state index in [1.165, 1.54) is 19.2 Å². The van der Waals surface area contributed by atoms with Crippen molar-refractivity contribution in [3.8, 4) is 5.75 Å². The van der Waals surface area contributed by atoms with Gasteiger partial charge in [-0.15, -0.1) is 0 Å². The summed E-state index contributed by atoms with van der Waals surface area (Å²) in [6.07, 6.45) is 0. The van der Waals surface area contributed by atoms with Crippen LogP contribution in [0.4, 0.5) is 17.1 Å². The maximum atomic E-state index is 13.3. The minimum atomic E-state index is -5.02. The van der Waals surface area contributed by atoms with E-state index in [9.17, 15) is 22.6 Å². The van der Waals surface area contributed by atoms with Gasteiger partial charge in [-0.25, -0.2) is 8.42 Å². The maximum absolute atomic E-state index is 13.3. The van der Waals surface area contributed by atoms with Crippen LogP contribution in [-0.2, 0) is 10.1 Å². The van der Waals surface area contributed by atoms with Gasteiger partial charge in [0.05, 0.1) is 34.5 Å². The zero-order valence-electron chi connectivity index (χ0n) is 17.6. The minimum Gasteiger partial charge on any atom is -0.744 e. The predicted octanol–water partition coefficient (Wildman–Crippen LogP) is 0.0129. The van der Waals surface area contributed by atoms with Crippen LogP contribution in [0.5, 0.6) is 5.75 Å². The van der Waals surface area contributed by atoms with E-state index in [4.69, 9.17) is 10.5 Å². The molecule has 32 heavy (non-hydrogen) atoms. The maximum Gasteiger partial charge on any atom is 1.00 e. The minimum absolute atomic E-state index is 0. The molecule has 4 rings (SSSR count). The summed E-state index contributed by atoms with van der Waals surface area (Å²) >= 11 is 0. The van der Waals surface area contributed by atoms with Gasteiger partial charge < -0.3 is 20.3 Å². The van der Waals surface area contributed by atoms with Crippen LogP contribution in [0.1, 0.15) is 37.4 Å². The van der Waals surface area contributed by atoms with Crippen molar-refractivity contribution in [1.82, 2.24) is 0 Å². The third kappa shape index (κ3) is 3.94. The van der Waals surface area contributed by atoms with Gasteiger partial charge in [0, 0.05) is 22.9 Å². The summed E-state index contributed by atoms with van der Waals surface area (Å²) in [7, 11) is -3.52. The van der Waals surface area contributed by atoms with Crippen molar-refractivity contribution in [2.45, 2.75) is 11.8 Å². The molecule has 158 valence electrons. The number of anilines is 3. The van der Waals surface area contributed by atoms with Crippen LogP contribution in [0.25, 0.3) is 0 Å². The van der Waals surface area contributed by atoms with Gasteiger partial charge >= 0.3 is 29.6 Å². The number of hydrogen-bond donors (Lipinski definition) is 2. The van der Waals surface area contributed by atoms with Crippen LogP contribution in [-0.4, -0.2) is 31.6 Å². The average molecular weight is 460 g/mol. The molecule has 0 amide bonds. The summed E-state index contributed by atoms with van der Waals surface area (Å²) in [5, 5.41) is 2.94. The number of carbonyl (C=O) groups is 2. The number of aryl methyl sites for hydroxylation is 1. The average Bonchev–Trinajstić information content (AvgIpc) is 2.73. The fourth-order valence-electron chi connectivity index (χ4n) is 3.65. The summed E-state index contributed by atoms with van der Waals surface area (Å²) in [5.74, 6) is -0.579. The summed E-state index contributed by atoms with van der Waals surface area (Å²) in [5.41, 5.74) is 6.56. The third-order valence-electron chi connectivity index (χ3n) is 5.16. The summed E-state index contributed by atoms with van der Waals surface area (Å²) in [6, 6.07) is 12.2. The molecule has 3 aromatic rings. The van der Waals surface area contributed by atoms with Crippen molar-refractivity contribution >= 4 is 38.7 Å². The number of hydrogen-bond acceptors (Lipinski definition) is 8. The molecule has 1 aliphatic carbocycles. The molecule has 10 heteroatoms. The zero-order valence-corrected chi connectivity index (χ0v) is 20.4. The first-order valence-corrected chi connectivity index (χ1v) is 10.6. The number of nitrogens with two attached hydrogens (primary N) is 1. The van der Waals surface area contributed by atoms with E-state index in [-0.39, 0.29) is 57.5 Å². The molecule has 3 aromatic carbocycles. The molecule has 0 saturated heterocycles. The fraction of sp³-hybridized carbons (Fsp3) is 0.0909.